The standard InChI is InChI=1S/C21H21ClO3S/c1-25-20-8-5-15(11-19(20)22)18-13-21(9-10-21)12-17(18)14-3-6-16(7-4-14)26(2,23)24/h3-11,17-18H,12-13H2,1-2H3. The normalized spacial score (nSPS) is 23.3. The molecule has 0 N–H and O–H groups in total. The van der Waals surface area contributed by atoms with Gasteiger partial charge in [-0.25, -0.2) is 8.42 Å². The molecule has 3 nitrogen and oxygen atoms in total. The second-order valence-electron chi connectivity index (χ2n) is 7.42. The van der Waals surface area contributed by atoms with Crippen LogP contribution in [0.15, 0.2) is 59.5 Å². The summed E-state index contributed by atoms with van der Waals surface area (Å²) in [5, 5.41) is 0.626. The van der Waals surface area contributed by atoms with Crippen LogP contribution in [0.5, 0.6) is 5.75 Å². The van der Waals surface area contributed by atoms with E-state index in [2.05, 4.69) is 18.2 Å². The van der Waals surface area contributed by atoms with Crippen molar-refractivity contribution in [1.29, 1.82) is 0 Å². The molecule has 0 saturated heterocycles. The summed E-state index contributed by atoms with van der Waals surface area (Å²) in [7, 11) is -1.56. The topological polar surface area (TPSA) is 43.4 Å². The zero-order valence-corrected chi connectivity index (χ0v) is 16.3. The first kappa shape index (κ1) is 17.6. The van der Waals surface area contributed by atoms with Crippen molar-refractivity contribution in [2.45, 2.75) is 29.6 Å². The number of rotatable bonds is 4. The summed E-state index contributed by atoms with van der Waals surface area (Å²) in [6, 6.07) is 13.4. The third-order valence-corrected chi connectivity index (χ3v) is 7.09. The smallest absolute Gasteiger partial charge is 0.175 e. The Morgan fingerprint density at radius 3 is 2.08 bits per heavy atom. The molecule has 0 bridgehead atoms. The number of hydrogen-bond acceptors (Lipinski definition) is 3. The molecule has 0 radical (unpaired) electrons. The Labute approximate surface area is 159 Å². The lowest BCUT2D eigenvalue weighted by atomic mass is 9.84. The van der Waals surface area contributed by atoms with Crippen LogP contribution in [0.1, 0.15) is 35.8 Å². The van der Waals surface area contributed by atoms with Gasteiger partial charge >= 0.3 is 0 Å². The van der Waals surface area contributed by atoms with Gasteiger partial charge in [0.05, 0.1) is 17.0 Å². The van der Waals surface area contributed by atoms with E-state index >= 15 is 0 Å². The first-order valence-corrected chi connectivity index (χ1v) is 10.9. The summed E-state index contributed by atoms with van der Waals surface area (Å²) < 4.78 is 28.7. The Morgan fingerprint density at radius 2 is 1.58 bits per heavy atom. The van der Waals surface area contributed by atoms with E-state index in [1.165, 1.54) is 17.4 Å². The monoisotopic (exact) mass is 388 g/mol. The Morgan fingerprint density at radius 1 is 1.00 bits per heavy atom. The molecular weight excluding hydrogens is 368 g/mol. The first-order valence-electron chi connectivity index (χ1n) is 8.65. The fourth-order valence-electron chi connectivity index (χ4n) is 4.15. The van der Waals surface area contributed by atoms with Crippen LogP contribution in [-0.2, 0) is 9.84 Å². The number of halogens is 1. The van der Waals surface area contributed by atoms with Gasteiger partial charge in [-0.3, -0.25) is 0 Å². The minimum absolute atomic E-state index is 0.219. The largest absolute Gasteiger partial charge is 0.495 e. The molecule has 0 aromatic heterocycles. The fourth-order valence-corrected chi connectivity index (χ4v) is 5.05. The molecule has 1 saturated carbocycles. The number of benzene rings is 2. The van der Waals surface area contributed by atoms with Crippen LogP contribution in [0, 0.1) is 5.41 Å². The van der Waals surface area contributed by atoms with Crippen LogP contribution in [0.2, 0.25) is 5.02 Å². The van der Waals surface area contributed by atoms with Crippen molar-refractivity contribution < 1.29 is 13.2 Å². The van der Waals surface area contributed by atoms with Crippen LogP contribution in [0.3, 0.4) is 0 Å². The number of ether oxygens (including phenoxy) is 1. The maximum absolute atomic E-state index is 11.7. The SMILES string of the molecule is COc1ccc(C2CC3(C=C3)CC2c2ccc(S(C)(=O)=O)cc2)cc1Cl. The molecule has 2 aliphatic carbocycles. The van der Waals surface area contributed by atoms with Crippen molar-refractivity contribution in [3.63, 3.8) is 0 Å². The third kappa shape index (κ3) is 3.17. The molecule has 5 heteroatoms. The molecule has 2 unspecified atom stereocenters. The summed E-state index contributed by atoms with van der Waals surface area (Å²) in [6.07, 6.45) is 7.93. The van der Waals surface area contributed by atoms with Crippen LogP contribution >= 0.6 is 11.6 Å². The van der Waals surface area contributed by atoms with Crippen LogP contribution in [-0.4, -0.2) is 21.8 Å². The molecule has 2 aromatic rings. The van der Waals surface area contributed by atoms with E-state index in [9.17, 15) is 8.42 Å². The molecule has 1 fully saturated rings. The number of allylic oxidation sites excluding steroid dienone is 2. The first-order chi connectivity index (χ1) is 12.3. The molecule has 26 heavy (non-hydrogen) atoms. The highest BCUT2D eigenvalue weighted by Gasteiger charge is 2.48. The predicted molar refractivity (Wildman–Crippen MR) is 104 cm³/mol. The van der Waals surface area contributed by atoms with Gasteiger partial charge in [0.25, 0.3) is 0 Å². The van der Waals surface area contributed by atoms with Crippen molar-refractivity contribution in [1.82, 2.24) is 0 Å². The van der Waals surface area contributed by atoms with E-state index in [-0.39, 0.29) is 5.41 Å². The molecule has 0 heterocycles. The zero-order valence-electron chi connectivity index (χ0n) is 14.8. The van der Waals surface area contributed by atoms with Crippen LogP contribution in [0.4, 0.5) is 0 Å². The highest BCUT2D eigenvalue weighted by Crippen LogP contribution is 2.61. The average molecular weight is 389 g/mol. The Bertz CT molecular complexity index is 971. The molecule has 2 atom stereocenters. The third-order valence-electron chi connectivity index (χ3n) is 5.66. The lowest BCUT2D eigenvalue weighted by Crippen LogP contribution is -2.06. The summed E-state index contributed by atoms with van der Waals surface area (Å²) in [4.78, 5) is 0.363. The Balaban J connectivity index is 1.68. The van der Waals surface area contributed by atoms with Gasteiger partial charge in [0, 0.05) is 11.7 Å². The van der Waals surface area contributed by atoms with Crippen LogP contribution < -0.4 is 4.74 Å². The van der Waals surface area contributed by atoms with E-state index in [1.807, 2.05) is 24.3 Å². The molecule has 2 aromatic carbocycles. The van der Waals surface area contributed by atoms with Crippen molar-refractivity contribution in [3.05, 3.63) is 70.8 Å². The van der Waals surface area contributed by atoms with E-state index in [0.29, 0.717) is 27.5 Å². The Kier molecular flexibility index (Phi) is 4.16. The molecule has 4 rings (SSSR count). The minimum Gasteiger partial charge on any atom is -0.495 e. The van der Waals surface area contributed by atoms with E-state index in [1.54, 1.807) is 19.2 Å². The van der Waals surface area contributed by atoms with E-state index in [0.717, 1.165) is 12.8 Å². The highest BCUT2D eigenvalue weighted by atomic mass is 35.5. The zero-order chi connectivity index (χ0) is 18.5. The summed E-state index contributed by atoms with van der Waals surface area (Å²) in [6.45, 7) is 0. The highest BCUT2D eigenvalue weighted by molar-refractivity contribution is 7.90. The van der Waals surface area contributed by atoms with Gasteiger partial charge in [-0.1, -0.05) is 42.0 Å². The van der Waals surface area contributed by atoms with Crippen LogP contribution in [0.25, 0.3) is 0 Å². The van der Waals surface area contributed by atoms with E-state index in [4.69, 9.17) is 16.3 Å². The molecule has 1 spiro atoms. The van der Waals surface area contributed by atoms with Gasteiger partial charge < -0.3 is 4.74 Å². The van der Waals surface area contributed by atoms with Gasteiger partial charge in [0.2, 0.25) is 0 Å². The molecule has 136 valence electrons. The molecule has 0 amide bonds. The summed E-state index contributed by atoms with van der Waals surface area (Å²) >= 11 is 6.35. The number of methoxy groups -OCH3 is 1. The van der Waals surface area contributed by atoms with Gasteiger partial charge in [0.1, 0.15) is 5.75 Å². The second kappa shape index (κ2) is 6.14. The van der Waals surface area contributed by atoms with Crippen molar-refractivity contribution >= 4 is 21.4 Å². The lowest BCUT2D eigenvalue weighted by molar-refractivity contribution is 0.414. The quantitative estimate of drug-likeness (QED) is 0.694. The number of sulfone groups is 1. The molecular formula is C21H21ClO3S. The minimum atomic E-state index is -3.18. The van der Waals surface area contributed by atoms with Gasteiger partial charge in [-0.2, -0.15) is 0 Å². The van der Waals surface area contributed by atoms with Crippen molar-refractivity contribution in [3.8, 4) is 5.75 Å². The maximum Gasteiger partial charge on any atom is 0.175 e. The van der Waals surface area contributed by atoms with E-state index < -0.39 is 9.84 Å². The molecule has 2 aliphatic rings. The maximum atomic E-state index is 11.7. The molecule has 0 aliphatic heterocycles. The van der Waals surface area contributed by atoms with Gasteiger partial charge in [0.15, 0.2) is 9.84 Å². The summed E-state index contributed by atoms with van der Waals surface area (Å²) in [5.41, 5.74) is 2.61. The van der Waals surface area contributed by atoms with Gasteiger partial charge in [-0.15, -0.1) is 0 Å². The van der Waals surface area contributed by atoms with Crippen molar-refractivity contribution in [2.75, 3.05) is 13.4 Å². The summed E-state index contributed by atoms with van der Waals surface area (Å²) in [5.74, 6) is 1.36. The lowest BCUT2D eigenvalue weighted by Gasteiger charge is -2.21. The predicted octanol–water partition coefficient (Wildman–Crippen LogP) is 4.97. The number of hydrogen-bond donors (Lipinski definition) is 0. The Hall–Kier alpha value is -1.78. The fraction of sp³-hybridized carbons (Fsp3) is 0.333. The second-order valence-corrected chi connectivity index (χ2v) is 9.85. The average Bonchev–Trinajstić information content (AvgIpc) is 3.25. The van der Waals surface area contributed by atoms with Crippen molar-refractivity contribution in [2.24, 2.45) is 5.41 Å². The van der Waals surface area contributed by atoms with Gasteiger partial charge in [-0.05, 0) is 60.1 Å².